The average molecular weight is 394 g/mol. The number of nitrogens with zero attached hydrogens (tertiary/aromatic N) is 4. The maximum atomic E-state index is 13.0. The van der Waals surface area contributed by atoms with E-state index in [9.17, 15) is 4.79 Å². The molecule has 1 aromatic heterocycles. The summed E-state index contributed by atoms with van der Waals surface area (Å²) in [5.74, 6) is 2.63. The van der Waals surface area contributed by atoms with Gasteiger partial charge in [0, 0.05) is 31.0 Å². The van der Waals surface area contributed by atoms with Crippen LogP contribution in [0.15, 0.2) is 24.3 Å². The van der Waals surface area contributed by atoms with Crippen LogP contribution in [0.4, 0.5) is 4.79 Å². The summed E-state index contributed by atoms with van der Waals surface area (Å²) in [4.78, 5) is 15.0. The Morgan fingerprint density at radius 2 is 1.86 bits per heavy atom. The molecule has 2 saturated carbocycles. The molecule has 3 aliphatic rings. The normalized spacial score (nSPS) is 23.1. The fourth-order valence-corrected chi connectivity index (χ4v) is 5.38. The van der Waals surface area contributed by atoms with Crippen molar-refractivity contribution in [3.63, 3.8) is 0 Å². The quantitative estimate of drug-likeness (QED) is 0.852. The van der Waals surface area contributed by atoms with E-state index in [-0.39, 0.29) is 17.5 Å². The first kappa shape index (κ1) is 18.6. The van der Waals surface area contributed by atoms with E-state index in [1.807, 2.05) is 4.90 Å². The van der Waals surface area contributed by atoms with E-state index in [2.05, 4.69) is 58.2 Å². The number of amides is 2. The van der Waals surface area contributed by atoms with Crippen molar-refractivity contribution in [3.05, 3.63) is 47.0 Å². The van der Waals surface area contributed by atoms with Gasteiger partial charge in [-0.2, -0.15) is 0 Å². The van der Waals surface area contributed by atoms with Crippen LogP contribution in [0, 0.1) is 6.92 Å². The third-order valence-corrected chi connectivity index (χ3v) is 7.34. The number of urea groups is 1. The van der Waals surface area contributed by atoms with E-state index in [4.69, 9.17) is 0 Å². The highest BCUT2D eigenvalue weighted by molar-refractivity contribution is 5.75. The molecule has 1 N–H and O–H groups in total. The van der Waals surface area contributed by atoms with Crippen LogP contribution in [0.3, 0.4) is 0 Å². The molecule has 0 bridgehead atoms. The zero-order valence-corrected chi connectivity index (χ0v) is 17.5. The molecule has 2 fully saturated rings. The van der Waals surface area contributed by atoms with Crippen molar-refractivity contribution in [1.29, 1.82) is 0 Å². The lowest BCUT2D eigenvalue weighted by Gasteiger charge is -2.34. The zero-order chi connectivity index (χ0) is 20.0. The SMILES string of the molecule is Cc1ccccc1C1(CNC(=O)N2CCn3c(C4CCCC4)nnc3C2C)CC1. The number of nitrogens with one attached hydrogen (secondary N) is 1. The predicted octanol–water partition coefficient (Wildman–Crippen LogP) is 4.06. The molecule has 0 radical (unpaired) electrons. The molecule has 1 atom stereocenters. The number of carbonyl (C=O) groups is 1. The van der Waals surface area contributed by atoms with Gasteiger partial charge in [-0.3, -0.25) is 0 Å². The molecule has 2 amide bonds. The molecule has 2 aliphatic carbocycles. The number of aromatic nitrogens is 3. The Labute approximate surface area is 172 Å². The molecule has 29 heavy (non-hydrogen) atoms. The monoisotopic (exact) mass is 393 g/mol. The van der Waals surface area contributed by atoms with Crippen molar-refractivity contribution in [3.8, 4) is 0 Å². The second-order valence-corrected chi connectivity index (χ2v) is 9.17. The molecule has 0 saturated heterocycles. The largest absolute Gasteiger partial charge is 0.337 e. The van der Waals surface area contributed by atoms with Crippen LogP contribution >= 0.6 is 0 Å². The van der Waals surface area contributed by atoms with Crippen molar-refractivity contribution >= 4 is 6.03 Å². The van der Waals surface area contributed by atoms with Gasteiger partial charge in [0.15, 0.2) is 5.82 Å². The first-order chi connectivity index (χ1) is 14.1. The van der Waals surface area contributed by atoms with Crippen molar-refractivity contribution in [2.45, 2.75) is 76.3 Å². The summed E-state index contributed by atoms with van der Waals surface area (Å²) in [6.07, 6.45) is 7.31. The fraction of sp³-hybridized carbons (Fsp3) is 0.609. The topological polar surface area (TPSA) is 63.1 Å². The van der Waals surface area contributed by atoms with Crippen LogP contribution in [0.5, 0.6) is 0 Å². The van der Waals surface area contributed by atoms with Crippen LogP contribution in [0.2, 0.25) is 0 Å². The summed E-state index contributed by atoms with van der Waals surface area (Å²) in [6.45, 7) is 6.47. The molecule has 154 valence electrons. The van der Waals surface area contributed by atoms with Gasteiger partial charge < -0.3 is 14.8 Å². The van der Waals surface area contributed by atoms with E-state index < -0.39 is 0 Å². The van der Waals surface area contributed by atoms with E-state index in [1.54, 1.807) is 0 Å². The molecule has 1 aliphatic heterocycles. The van der Waals surface area contributed by atoms with Gasteiger partial charge in [0.05, 0.1) is 6.04 Å². The number of fused-ring (bicyclic) bond motifs is 1. The number of hydrogen-bond acceptors (Lipinski definition) is 3. The van der Waals surface area contributed by atoms with Gasteiger partial charge in [-0.05, 0) is 50.7 Å². The van der Waals surface area contributed by atoms with E-state index in [1.165, 1.54) is 36.8 Å². The summed E-state index contributed by atoms with van der Waals surface area (Å²) in [6, 6.07) is 8.54. The van der Waals surface area contributed by atoms with Gasteiger partial charge in [0.2, 0.25) is 0 Å². The smallest absolute Gasteiger partial charge is 0.318 e. The number of aryl methyl sites for hydroxylation is 1. The number of rotatable bonds is 4. The highest BCUT2D eigenvalue weighted by atomic mass is 16.2. The second kappa shape index (κ2) is 7.15. The highest BCUT2D eigenvalue weighted by Gasteiger charge is 2.45. The molecule has 2 heterocycles. The van der Waals surface area contributed by atoms with Crippen LogP contribution in [-0.4, -0.2) is 38.8 Å². The van der Waals surface area contributed by atoms with Crippen molar-refractivity contribution < 1.29 is 4.79 Å². The lowest BCUT2D eigenvalue weighted by molar-refractivity contribution is 0.158. The van der Waals surface area contributed by atoms with Gasteiger partial charge in [-0.15, -0.1) is 10.2 Å². The van der Waals surface area contributed by atoms with Crippen molar-refractivity contribution in [1.82, 2.24) is 25.0 Å². The zero-order valence-electron chi connectivity index (χ0n) is 17.5. The van der Waals surface area contributed by atoms with Gasteiger partial charge >= 0.3 is 6.03 Å². The maximum absolute atomic E-state index is 13.0. The Kier molecular flexibility index (Phi) is 4.60. The number of hydrogen-bond donors (Lipinski definition) is 1. The van der Waals surface area contributed by atoms with Crippen LogP contribution < -0.4 is 5.32 Å². The lowest BCUT2D eigenvalue weighted by atomic mass is 9.92. The van der Waals surface area contributed by atoms with E-state index >= 15 is 0 Å². The third-order valence-electron chi connectivity index (χ3n) is 7.34. The molecule has 0 spiro atoms. The minimum atomic E-state index is -0.0417. The molecular weight excluding hydrogens is 362 g/mol. The van der Waals surface area contributed by atoms with Gasteiger partial charge in [-0.1, -0.05) is 37.1 Å². The number of carbonyl (C=O) groups excluding carboxylic acids is 1. The fourth-order valence-electron chi connectivity index (χ4n) is 5.38. The Morgan fingerprint density at radius 3 is 2.59 bits per heavy atom. The van der Waals surface area contributed by atoms with Gasteiger partial charge in [0.25, 0.3) is 0 Å². The summed E-state index contributed by atoms with van der Waals surface area (Å²) in [5, 5.41) is 12.2. The average Bonchev–Trinajstić information content (AvgIpc) is 3.12. The highest BCUT2D eigenvalue weighted by Crippen LogP contribution is 2.48. The molecular formula is C23H31N5O. The molecule has 1 unspecified atom stereocenters. The van der Waals surface area contributed by atoms with Crippen LogP contribution in [-0.2, 0) is 12.0 Å². The summed E-state index contributed by atoms with van der Waals surface area (Å²) in [5.41, 5.74) is 2.82. The number of benzene rings is 1. The van der Waals surface area contributed by atoms with Crippen molar-refractivity contribution in [2.24, 2.45) is 0 Å². The molecule has 1 aromatic carbocycles. The molecule has 6 heteroatoms. The first-order valence-electron chi connectivity index (χ1n) is 11.1. The summed E-state index contributed by atoms with van der Waals surface area (Å²) >= 11 is 0. The Bertz CT molecular complexity index is 910. The maximum Gasteiger partial charge on any atom is 0.318 e. The minimum absolute atomic E-state index is 0.0222. The Balaban J connectivity index is 1.26. The Morgan fingerprint density at radius 1 is 1.14 bits per heavy atom. The third kappa shape index (κ3) is 3.22. The first-order valence-corrected chi connectivity index (χ1v) is 11.1. The predicted molar refractivity (Wildman–Crippen MR) is 112 cm³/mol. The second-order valence-electron chi connectivity index (χ2n) is 9.17. The van der Waals surface area contributed by atoms with Crippen molar-refractivity contribution in [2.75, 3.05) is 13.1 Å². The lowest BCUT2D eigenvalue weighted by Crippen LogP contribution is -2.48. The standard InChI is InChI=1S/C23H31N5O/c1-16-7-3-6-10-19(16)23(11-12-23)15-24-22(29)27-13-14-28-20(17(27)2)25-26-21(28)18-8-4-5-9-18/h3,6-7,10,17-18H,4-5,8-9,11-15H2,1-2H3,(H,24,29). The summed E-state index contributed by atoms with van der Waals surface area (Å²) in [7, 11) is 0. The molecule has 2 aromatic rings. The Hall–Kier alpha value is -2.37. The van der Waals surface area contributed by atoms with E-state index in [0.29, 0.717) is 12.5 Å². The molecule has 6 nitrogen and oxygen atoms in total. The van der Waals surface area contributed by atoms with Gasteiger partial charge in [-0.25, -0.2) is 4.79 Å². The summed E-state index contributed by atoms with van der Waals surface area (Å²) < 4.78 is 2.28. The minimum Gasteiger partial charge on any atom is -0.337 e. The molecule has 5 rings (SSSR count). The van der Waals surface area contributed by atoms with Crippen LogP contribution in [0.25, 0.3) is 0 Å². The van der Waals surface area contributed by atoms with Crippen LogP contribution in [0.1, 0.15) is 80.2 Å². The van der Waals surface area contributed by atoms with Gasteiger partial charge in [0.1, 0.15) is 5.82 Å². The van der Waals surface area contributed by atoms with E-state index in [0.717, 1.165) is 37.6 Å².